The second-order valence-electron chi connectivity index (χ2n) is 6.27. The summed E-state index contributed by atoms with van der Waals surface area (Å²) >= 11 is 0. The van der Waals surface area contributed by atoms with Crippen molar-refractivity contribution < 1.29 is 0 Å². The standard InChI is InChI=1S/C19H26N2/c1-3-15-10-11-21(13-15)14-19(20-2)18-9-8-16-6-4-5-7-17(16)12-18/h4-9,12,15,19-20H,3,10-11,13-14H2,1-2H3. The van der Waals surface area contributed by atoms with Gasteiger partial charge in [-0.2, -0.15) is 0 Å². The number of nitrogens with one attached hydrogen (secondary N) is 1. The van der Waals surface area contributed by atoms with Crippen molar-refractivity contribution in [3.63, 3.8) is 0 Å². The Balaban J connectivity index is 1.75. The summed E-state index contributed by atoms with van der Waals surface area (Å²) in [4.78, 5) is 2.62. The van der Waals surface area contributed by atoms with E-state index in [1.54, 1.807) is 0 Å². The first kappa shape index (κ1) is 14.6. The summed E-state index contributed by atoms with van der Waals surface area (Å²) in [6.45, 7) is 5.95. The molecule has 1 saturated heterocycles. The number of benzene rings is 2. The van der Waals surface area contributed by atoms with Crippen LogP contribution >= 0.6 is 0 Å². The van der Waals surface area contributed by atoms with Crippen molar-refractivity contribution >= 4 is 10.8 Å². The summed E-state index contributed by atoms with van der Waals surface area (Å²) in [7, 11) is 2.08. The quantitative estimate of drug-likeness (QED) is 0.896. The highest BCUT2D eigenvalue weighted by Gasteiger charge is 2.23. The molecule has 112 valence electrons. The van der Waals surface area contributed by atoms with E-state index in [4.69, 9.17) is 0 Å². The van der Waals surface area contributed by atoms with Crippen LogP contribution in [0.25, 0.3) is 10.8 Å². The number of fused-ring (bicyclic) bond motifs is 1. The minimum Gasteiger partial charge on any atom is -0.312 e. The summed E-state index contributed by atoms with van der Waals surface area (Å²) < 4.78 is 0. The van der Waals surface area contributed by atoms with E-state index in [-0.39, 0.29) is 0 Å². The normalized spacial score (nSPS) is 21.0. The number of hydrogen-bond donors (Lipinski definition) is 1. The van der Waals surface area contributed by atoms with E-state index in [1.807, 2.05) is 0 Å². The zero-order valence-corrected chi connectivity index (χ0v) is 13.2. The van der Waals surface area contributed by atoms with Gasteiger partial charge in [0.05, 0.1) is 0 Å². The minimum absolute atomic E-state index is 0.421. The Morgan fingerprint density at radius 2 is 2.00 bits per heavy atom. The molecule has 2 atom stereocenters. The first-order valence-electron chi connectivity index (χ1n) is 8.18. The van der Waals surface area contributed by atoms with Gasteiger partial charge in [0, 0.05) is 19.1 Å². The molecular weight excluding hydrogens is 256 g/mol. The zero-order chi connectivity index (χ0) is 14.7. The Kier molecular flexibility index (Phi) is 4.57. The number of hydrogen-bond acceptors (Lipinski definition) is 2. The van der Waals surface area contributed by atoms with E-state index in [1.165, 1.54) is 42.3 Å². The number of likely N-dealkylation sites (tertiary alicyclic amines) is 1. The highest BCUT2D eigenvalue weighted by Crippen LogP contribution is 2.24. The molecule has 0 aliphatic carbocycles. The lowest BCUT2D eigenvalue weighted by atomic mass is 10.0. The van der Waals surface area contributed by atoms with Crippen molar-refractivity contribution in [2.45, 2.75) is 25.8 Å². The largest absolute Gasteiger partial charge is 0.312 e. The van der Waals surface area contributed by atoms with Crippen LogP contribution in [0.15, 0.2) is 42.5 Å². The molecule has 0 amide bonds. The van der Waals surface area contributed by atoms with Gasteiger partial charge in [-0.15, -0.1) is 0 Å². The number of rotatable bonds is 5. The van der Waals surface area contributed by atoms with E-state index >= 15 is 0 Å². The zero-order valence-electron chi connectivity index (χ0n) is 13.2. The molecule has 1 N–H and O–H groups in total. The Morgan fingerprint density at radius 3 is 2.71 bits per heavy atom. The van der Waals surface area contributed by atoms with Crippen LogP contribution in [0.4, 0.5) is 0 Å². The van der Waals surface area contributed by atoms with Gasteiger partial charge < -0.3 is 10.2 Å². The maximum atomic E-state index is 3.50. The van der Waals surface area contributed by atoms with Crippen LogP contribution in [-0.4, -0.2) is 31.6 Å². The van der Waals surface area contributed by atoms with Crippen LogP contribution in [0.5, 0.6) is 0 Å². The lowest BCUT2D eigenvalue weighted by Gasteiger charge is -2.24. The predicted molar refractivity (Wildman–Crippen MR) is 90.6 cm³/mol. The Hall–Kier alpha value is -1.38. The molecule has 3 rings (SSSR count). The maximum absolute atomic E-state index is 3.50. The first-order chi connectivity index (χ1) is 10.3. The van der Waals surface area contributed by atoms with Crippen molar-refractivity contribution in [3.05, 3.63) is 48.0 Å². The van der Waals surface area contributed by atoms with Crippen LogP contribution in [0.3, 0.4) is 0 Å². The minimum atomic E-state index is 0.421. The second kappa shape index (κ2) is 6.59. The van der Waals surface area contributed by atoms with E-state index in [2.05, 4.69) is 66.7 Å². The van der Waals surface area contributed by atoms with Crippen LogP contribution in [0, 0.1) is 5.92 Å². The molecule has 2 aromatic rings. The van der Waals surface area contributed by atoms with Crippen molar-refractivity contribution in [2.75, 3.05) is 26.7 Å². The summed E-state index contributed by atoms with van der Waals surface area (Å²) in [6, 6.07) is 15.9. The maximum Gasteiger partial charge on any atom is 0.0447 e. The lowest BCUT2D eigenvalue weighted by Crippen LogP contribution is -2.32. The van der Waals surface area contributed by atoms with E-state index in [9.17, 15) is 0 Å². The van der Waals surface area contributed by atoms with E-state index < -0.39 is 0 Å². The van der Waals surface area contributed by atoms with Gasteiger partial charge in [-0.05, 0) is 48.3 Å². The van der Waals surface area contributed by atoms with Crippen LogP contribution in [0.1, 0.15) is 31.4 Å². The summed E-state index contributed by atoms with van der Waals surface area (Å²) in [5.74, 6) is 0.902. The van der Waals surface area contributed by atoms with Crippen LogP contribution in [-0.2, 0) is 0 Å². The highest BCUT2D eigenvalue weighted by atomic mass is 15.2. The highest BCUT2D eigenvalue weighted by molar-refractivity contribution is 5.83. The molecule has 1 aliphatic rings. The van der Waals surface area contributed by atoms with Gasteiger partial charge in [0.1, 0.15) is 0 Å². The number of likely N-dealkylation sites (N-methyl/N-ethyl adjacent to an activating group) is 1. The molecule has 1 fully saturated rings. The van der Waals surface area contributed by atoms with Gasteiger partial charge >= 0.3 is 0 Å². The Bertz CT molecular complexity index is 593. The predicted octanol–water partition coefficient (Wildman–Crippen LogP) is 3.83. The third kappa shape index (κ3) is 3.28. The summed E-state index contributed by atoms with van der Waals surface area (Å²) in [5.41, 5.74) is 1.40. The molecule has 0 saturated carbocycles. The SMILES string of the molecule is CCC1CCN(CC(NC)c2ccc3ccccc3c2)C1. The summed E-state index contributed by atoms with van der Waals surface area (Å²) in [5, 5.41) is 6.16. The fourth-order valence-electron chi connectivity index (χ4n) is 3.46. The topological polar surface area (TPSA) is 15.3 Å². The molecule has 2 unspecified atom stereocenters. The lowest BCUT2D eigenvalue weighted by molar-refractivity contribution is 0.287. The average Bonchev–Trinajstić information content (AvgIpc) is 3.00. The van der Waals surface area contributed by atoms with Gasteiger partial charge in [-0.3, -0.25) is 0 Å². The molecule has 0 aromatic heterocycles. The van der Waals surface area contributed by atoms with Crippen molar-refractivity contribution in [1.29, 1.82) is 0 Å². The fraction of sp³-hybridized carbons (Fsp3) is 0.474. The molecule has 1 heterocycles. The molecule has 0 radical (unpaired) electrons. The van der Waals surface area contributed by atoms with Gasteiger partial charge in [0.15, 0.2) is 0 Å². The smallest absolute Gasteiger partial charge is 0.0447 e. The third-order valence-electron chi connectivity index (χ3n) is 4.91. The van der Waals surface area contributed by atoms with Gasteiger partial charge in [0.2, 0.25) is 0 Å². The van der Waals surface area contributed by atoms with Crippen molar-refractivity contribution in [1.82, 2.24) is 10.2 Å². The molecule has 2 nitrogen and oxygen atoms in total. The molecule has 1 aliphatic heterocycles. The Morgan fingerprint density at radius 1 is 1.19 bits per heavy atom. The monoisotopic (exact) mass is 282 g/mol. The molecule has 21 heavy (non-hydrogen) atoms. The van der Waals surface area contributed by atoms with Crippen molar-refractivity contribution in [3.8, 4) is 0 Å². The summed E-state index contributed by atoms with van der Waals surface area (Å²) in [6.07, 6.45) is 2.68. The molecule has 0 spiro atoms. The molecule has 2 heteroatoms. The second-order valence-corrected chi connectivity index (χ2v) is 6.27. The van der Waals surface area contributed by atoms with Crippen molar-refractivity contribution in [2.24, 2.45) is 5.92 Å². The number of nitrogens with zero attached hydrogens (tertiary/aromatic N) is 1. The first-order valence-corrected chi connectivity index (χ1v) is 8.18. The van der Waals surface area contributed by atoms with Gasteiger partial charge in [-0.25, -0.2) is 0 Å². The van der Waals surface area contributed by atoms with Gasteiger partial charge in [0.25, 0.3) is 0 Å². The Labute approximate surface area is 128 Å². The molecule has 0 bridgehead atoms. The third-order valence-corrected chi connectivity index (χ3v) is 4.91. The van der Waals surface area contributed by atoms with E-state index in [0.717, 1.165) is 12.5 Å². The van der Waals surface area contributed by atoms with Crippen LogP contribution < -0.4 is 5.32 Å². The fourth-order valence-corrected chi connectivity index (χ4v) is 3.46. The molecule has 2 aromatic carbocycles. The van der Waals surface area contributed by atoms with Gasteiger partial charge in [-0.1, -0.05) is 49.7 Å². The molecular formula is C19H26N2. The van der Waals surface area contributed by atoms with Crippen LogP contribution in [0.2, 0.25) is 0 Å². The average molecular weight is 282 g/mol. The van der Waals surface area contributed by atoms with E-state index in [0.29, 0.717) is 6.04 Å².